The topological polar surface area (TPSA) is 44.5 Å². The molecule has 0 unspecified atom stereocenters. The van der Waals surface area contributed by atoms with Crippen molar-refractivity contribution in [3.63, 3.8) is 0 Å². The zero-order valence-corrected chi connectivity index (χ0v) is 12.0. The van der Waals surface area contributed by atoms with Gasteiger partial charge in [0.1, 0.15) is 5.75 Å². The van der Waals surface area contributed by atoms with Crippen LogP contribution in [0, 0.1) is 12.7 Å². The molecule has 0 saturated carbocycles. The summed E-state index contributed by atoms with van der Waals surface area (Å²) in [5.41, 5.74) is 6.84. The molecular formula is C15H15ClFNO2. The second-order valence-electron chi connectivity index (χ2n) is 4.27. The van der Waals surface area contributed by atoms with Gasteiger partial charge in [0.25, 0.3) is 0 Å². The Labute approximate surface area is 122 Å². The zero-order valence-electron chi connectivity index (χ0n) is 11.2. The van der Waals surface area contributed by atoms with Gasteiger partial charge in [-0.1, -0.05) is 11.6 Å². The second kappa shape index (κ2) is 6.01. The first-order chi connectivity index (χ1) is 9.51. The van der Waals surface area contributed by atoms with E-state index in [9.17, 15) is 4.39 Å². The van der Waals surface area contributed by atoms with Gasteiger partial charge in [0, 0.05) is 17.2 Å². The van der Waals surface area contributed by atoms with Gasteiger partial charge in [-0.05, 0) is 37.6 Å². The summed E-state index contributed by atoms with van der Waals surface area (Å²) in [6, 6.07) is 7.86. The zero-order chi connectivity index (χ0) is 14.7. The number of hydrogen-bond donors (Lipinski definition) is 1. The van der Waals surface area contributed by atoms with Crippen LogP contribution in [0.3, 0.4) is 0 Å². The molecular weight excluding hydrogens is 281 g/mol. The fraction of sp³-hybridized carbons (Fsp3) is 0.200. The molecule has 0 aliphatic rings. The van der Waals surface area contributed by atoms with Gasteiger partial charge in [-0.15, -0.1) is 0 Å². The fourth-order valence-electron chi connectivity index (χ4n) is 1.75. The lowest BCUT2D eigenvalue weighted by molar-refractivity contribution is 0.319. The average Bonchev–Trinajstić information content (AvgIpc) is 2.38. The highest BCUT2D eigenvalue weighted by molar-refractivity contribution is 6.30. The van der Waals surface area contributed by atoms with Gasteiger partial charge >= 0.3 is 0 Å². The lowest BCUT2D eigenvalue weighted by Crippen LogP contribution is -1.99. The Morgan fingerprint density at radius 2 is 1.90 bits per heavy atom. The molecule has 0 radical (unpaired) electrons. The van der Waals surface area contributed by atoms with Crippen LogP contribution in [0.5, 0.6) is 17.2 Å². The maximum absolute atomic E-state index is 13.6. The molecule has 20 heavy (non-hydrogen) atoms. The van der Waals surface area contributed by atoms with Gasteiger partial charge in [-0.3, -0.25) is 0 Å². The van der Waals surface area contributed by atoms with Crippen LogP contribution in [-0.2, 0) is 0 Å². The highest BCUT2D eigenvalue weighted by atomic mass is 35.5. The average molecular weight is 296 g/mol. The van der Waals surface area contributed by atoms with Gasteiger partial charge < -0.3 is 15.2 Å². The van der Waals surface area contributed by atoms with Crippen LogP contribution in [0.15, 0.2) is 30.3 Å². The first-order valence-electron chi connectivity index (χ1n) is 6.17. The number of rotatable bonds is 4. The molecule has 3 nitrogen and oxygen atoms in total. The normalized spacial score (nSPS) is 10.4. The molecule has 0 fully saturated rings. The van der Waals surface area contributed by atoms with Crippen LogP contribution >= 0.6 is 11.6 Å². The highest BCUT2D eigenvalue weighted by Crippen LogP contribution is 2.35. The standard InChI is InChI=1S/C15H15ClFNO2/c1-3-19-14-8-15(12(18)7-11(14)17)20-13-5-4-10(16)6-9(13)2/h4-8H,3,18H2,1-2H3. The Morgan fingerprint density at radius 3 is 2.55 bits per heavy atom. The highest BCUT2D eigenvalue weighted by Gasteiger charge is 2.12. The molecule has 0 heterocycles. The number of ether oxygens (including phenoxy) is 2. The summed E-state index contributed by atoms with van der Waals surface area (Å²) in [6.45, 7) is 4.00. The summed E-state index contributed by atoms with van der Waals surface area (Å²) in [4.78, 5) is 0. The lowest BCUT2D eigenvalue weighted by atomic mass is 10.2. The molecule has 106 valence electrons. The summed E-state index contributed by atoms with van der Waals surface area (Å²) in [7, 11) is 0. The number of benzene rings is 2. The molecule has 0 aromatic heterocycles. The van der Waals surface area contributed by atoms with E-state index in [-0.39, 0.29) is 11.4 Å². The number of halogens is 2. The largest absolute Gasteiger partial charge is 0.491 e. The van der Waals surface area contributed by atoms with Crippen LogP contribution in [0.4, 0.5) is 10.1 Å². The summed E-state index contributed by atoms with van der Waals surface area (Å²) in [5.74, 6) is 0.559. The van der Waals surface area contributed by atoms with E-state index in [2.05, 4.69) is 0 Å². The minimum absolute atomic E-state index is 0.114. The third kappa shape index (κ3) is 3.14. The molecule has 0 aliphatic heterocycles. The molecule has 0 bridgehead atoms. The first-order valence-corrected chi connectivity index (χ1v) is 6.55. The maximum atomic E-state index is 13.6. The van der Waals surface area contributed by atoms with E-state index in [0.29, 0.717) is 23.1 Å². The molecule has 0 amide bonds. The molecule has 0 atom stereocenters. The van der Waals surface area contributed by atoms with E-state index in [1.54, 1.807) is 25.1 Å². The van der Waals surface area contributed by atoms with E-state index in [0.717, 1.165) is 5.56 Å². The van der Waals surface area contributed by atoms with Crippen molar-refractivity contribution >= 4 is 17.3 Å². The lowest BCUT2D eigenvalue weighted by Gasteiger charge is -2.13. The SMILES string of the molecule is CCOc1cc(Oc2ccc(Cl)cc2C)c(N)cc1F. The molecule has 2 aromatic rings. The Morgan fingerprint density at radius 1 is 1.15 bits per heavy atom. The summed E-state index contributed by atoms with van der Waals surface area (Å²) in [6.07, 6.45) is 0. The number of nitrogens with two attached hydrogens (primary N) is 1. The number of anilines is 1. The van der Waals surface area contributed by atoms with Crippen molar-refractivity contribution in [1.82, 2.24) is 0 Å². The molecule has 2 aromatic carbocycles. The van der Waals surface area contributed by atoms with Crippen LogP contribution in [0.1, 0.15) is 12.5 Å². The summed E-state index contributed by atoms with van der Waals surface area (Å²) in [5, 5.41) is 0.622. The maximum Gasteiger partial charge on any atom is 0.167 e. The minimum Gasteiger partial charge on any atom is -0.491 e. The first kappa shape index (κ1) is 14.5. The molecule has 0 spiro atoms. The molecule has 5 heteroatoms. The number of nitrogen functional groups attached to an aromatic ring is 1. The van der Waals surface area contributed by atoms with E-state index in [1.165, 1.54) is 12.1 Å². The van der Waals surface area contributed by atoms with Crippen molar-refractivity contribution in [3.05, 3.63) is 46.7 Å². The summed E-state index contributed by atoms with van der Waals surface area (Å²) >= 11 is 5.89. The van der Waals surface area contributed by atoms with Gasteiger partial charge in [-0.2, -0.15) is 0 Å². The number of aryl methyl sites for hydroxylation is 1. The minimum atomic E-state index is -0.510. The molecule has 0 aliphatic carbocycles. The van der Waals surface area contributed by atoms with Crippen molar-refractivity contribution < 1.29 is 13.9 Å². The van der Waals surface area contributed by atoms with Gasteiger partial charge in [0.05, 0.1) is 12.3 Å². The van der Waals surface area contributed by atoms with E-state index in [1.807, 2.05) is 6.92 Å². The molecule has 2 N–H and O–H groups in total. The van der Waals surface area contributed by atoms with Gasteiger partial charge in [-0.25, -0.2) is 4.39 Å². The smallest absolute Gasteiger partial charge is 0.167 e. The van der Waals surface area contributed by atoms with Crippen molar-refractivity contribution in [2.45, 2.75) is 13.8 Å². The van der Waals surface area contributed by atoms with Gasteiger partial charge in [0.2, 0.25) is 0 Å². The van der Waals surface area contributed by atoms with Gasteiger partial charge in [0.15, 0.2) is 17.3 Å². The van der Waals surface area contributed by atoms with Crippen LogP contribution in [-0.4, -0.2) is 6.61 Å². The Bertz CT molecular complexity index is 632. The second-order valence-corrected chi connectivity index (χ2v) is 4.70. The van der Waals surface area contributed by atoms with Crippen LogP contribution < -0.4 is 15.2 Å². The van der Waals surface area contributed by atoms with Crippen molar-refractivity contribution in [2.24, 2.45) is 0 Å². The Kier molecular flexibility index (Phi) is 4.35. The Balaban J connectivity index is 2.35. The molecule has 0 saturated heterocycles. The summed E-state index contributed by atoms with van der Waals surface area (Å²) < 4.78 is 24.5. The molecule has 2 rings (SSSR count). The fourth-order valence-corrected chi connectivity index (χ4v) is 1.98. The van der Waals surface area contributed by atoms with E-state index >= 15 is 0 Å². The van der Waals surface area contributed by atoms with Crippen molar-refractivity contribution in [3.8, 4) is 17.2 Å². The monoisotopic (exact) mass is 295 g/mol. The third-order valence-electron chi connectivity index (χ3n) is 2.72. The Hall–Kier alpha value is -1.94. The van der Waals surface area contributed by atoms with E-state index in [4.69, 9.17) is 26.8 Å². The predicted octanol–water partition coefficient (Wildman–Crippen LogP) is 4.56. The predicted molar refractivity (Wildman–Crippen MR) is 78.2 cm³/mol. The third-order valence-corrected chi connectivity index (χ3v) is 2.96. The van der Waals surface area contributed by atoms with Crippen molar-refractivity contribution in [2.75, 3.05) is 12.3 Å². The quantitative estimate of drug-likeness (QED) is 0.841. The van der Waals surface area contributed by atoms with Crippen LogP contribution in [0.25, 0.3) is 0 Å². The van der Waals surface area contributed by atoms with Crippen molar-refractivity contribution in [1.29, 1.82) is 0 Å². The number of hydrogen-bond acceptors (Lipinski definition) is 3. The van der Waals surface area contributed by atoms with E-state index < -0.39 is 5.82 Å². The van der Waals surface area contributed by atoms with Crippen LogP contribution in [0.2, 0.25) is 5.02 Å².